The quantitative estimate of drug-likeness (QED) is 0.607. The predicted molar refractivity (Wildman–Crippen MR) is 57.0 cm³/mol. The number of nitrogens with zero attached hydrogens (tertiary/aromatic N) is 1. The lowest BCUT2D eigenvalue weighted by molar-refractivity contribution is -0.139. The molecule has 2 aliphatic heterocycles. The number of amides is 1. The fourth-order valence-electron chi connectivity index (χ4n) is 3.27. The van der Waals surface area contributed by atoms with Crippen LogP contribution in [0.15, 0.2) is 0 Å². The maximum Gasteiger partial charge on any atom is 0.226 e. The Bertz CT molecular complexity index is 281. The summed E-state index contributed by atoms with van der Waals surface area (Å²) in [5.41, 5.74) is 0. The molecule has 1 amide bonds. The number of rotatable bonds is 0. The summed E-state index contributed by atoms with van der Waals surface area (Å²) in [5, 5.41) is 7.01. The van der Waals surface area contributed by atoms with Crippen LogP contribution in [0.3, 0.4) is 0 Å². The number of carbonyl (C=O) groups excluding carboxylic acids is 1. The van der Waals surface area contributed by atoms with E-state index in [1.54, 1.807) is 0 Å². The van der Waals surface area contributed by atoms with E-state index >= 15 is 0 Å². The maximum absolute atomic E-state index is 12.0. The van der Waals surface area contributed by atoms with Crippen molar-refractivity contribution >= 4 is 5.91 Å². The summed E-state index contributed by atoms with van der Waals surface area (Å²) >= 11 is 0. The van der Waals surface area contributed by atoms with Crippen LogP contribution in [0.2, 0.25) is 0 Å². The van der Waals surface area contributed by atoms with E-state index in [1.807, 2.05) is 0 Å². The summed E-state index contributed by atoms with van der Waals surface area (Å²) in [5.74, 6) is 0.327. The molecule has 0 aromatic carbocycles. The first-order valence-electron chi connectivity index (χ1n) is 6.09. The van der Waals surface area contributed by atoms with Crippen molar-refractivity contribution in [2.75, 3.05) is 0 Å². The zero-order valence-corrected chi connectivity index (χ0v) is 9.20. The van der Waals surface area contributed by atoms with E-state index in [0.717, 1.165) is 0 Å². The Hall–Kier alpha value is -0.610. The number of nitrogens with one attached hydrogen (secondary N) is 2. The van der Waals surface area contributed by atoms with Gasteiger partial charge in [0.15, 0.2) is 0 Å². The lowest BCUT2D eigenvalue weighted by Gasteiger charge is -2.37. The van der Waals surface area contributed by atoms with Gasteiger partial charge in [-0.15, -0.1) is 0 Å². The van der Waals surface area contributed by atoms with Crippen molar-refractivity contribution in [3.8, 4) is 0 Å². The minimum Gasteiger partial charge on any atom is -0.310 e. The normalized spacial score (nSPS) is 45.1. The van der Waals surface area contributed by atoms with Crippen molar-refractivity contribution in [2.24, 2.45) is 0 Å². The maximum atomic E-state index is 12.0. The zero-order valence-electron chi connectivity index (χ0n) is 9.20. The van der Waals surface area contributed by atoms with Gasteiger partial charge in [0.1, 0.15) is 6.29 Å². The standard InChI is InChI=1S/C11H19N3O/c1-7-6-10(15)14-9-5-3-2-4-8(9)13-11(14)12-7/h7-9,11-13H,2-6H2,1H3. The van der Waals surface area contributed by atoms with Crippen molar-refractivity contribution in [2.45, 2.75) is 63.4 Å². The third-order valence-electron chi connectivity index (χ3n) is 3.95. The molecule has 4 atom stereocenters. The number of hydrogen-bond acceptors (Lipinski definition) is 3. The van der Waals surface area contributed by atoms with Gasteiger partial charge in [0, 0.05) is 24.5 Å². The lowest BCUT2D eigenvalue weighted by atomic mass is 9.91. The van der Waals surface area contributed by atoms with Gasteiger partial charge in [0.05, 0.1) is 0 Å². The van der Waals surface area contributed by atoms with Crippen molar-refractivity contribution in [3.63, 3.8) is 0 Å². The van der Waals surface area contributed by atoms with Crippen LogP contribution in [0.5, 0.6) is 0 Å². The second kappa shape index (κ2) is 3.46. The predicted octanol–water partition coefficient (Wildman–Crippen LogP) is 0.395. The molecule has 1 aliphatic carbocycles. The SMILES string of the molecule is CC1CC(=O)N2C(N1)NC1CCCCC12. The minimum atomic E-state index is 0.106. The van der Waals surface area contributed by atoms with Crippen molar-refractivity contribution < 1.29 is 4.79 Å². The first-order chi connectivity index (χ1) is 7.25. The summed E-state index contributed by atoms with van der Waals surface area (Å²) in [6, 6.07) is 1.30. The topological polar surface area (TPSA) is 44.4 Å². The molecule has 2 N–H and O–H groups in total. The molecular weight excluding hydrogens is 190 g/mol. The van der Waals surface area contributed by atoms with E-state index in [2.05, 4.69) is 22.5 Å². The molecule has 2 saturated heterocycles. The Kier molecular flexibility index (Phi) is 2.21. The fourth-order valence-corrected chi connectivity index (χ4v) is 3.27. The molecule has 4 nitrogen and oxygen atoms in total. The van der Waals surface area contributed by atoms with E-state index in [1.165, 1.54) is 25.7 Å². The second-order valence-corrected chi connectivity index (χ2v) is 5.10. The Morgan fingerprint density at radius 2 is 2.07 bits per heavy atom. The Morgan fingerprint density at radius 1 is 1.27 bits per heavy atom. The highest BCUT2D eigenvalue weighted by atomic mass is 16.2. The summed E-state index contributed by atoms with van der Waals surface area (Å²) in [4.78, 5) is 14.0. The Labute approximate surface area is 90.4 Å². The largest absolute Gasteiger partial charge is 0.310 e. The molecule has 1 saturated carbocycles. The van der Waals surface area contributed by atoms with Crippen molar-refractivity contribution in [1.82, 2.24) is 15.5 Å². The molecule has 0 aromatic rings. The van der Waals surface area contributed by atoms with Gasteiger partial charge in [-0.3, -0.25) is 15.4 Å². The zero-order chi connectivity index (χ0) is 10.4. The molecule has 0 spiro atoms. The second-order valence-electron chi connectivity index (χ2n) is 5.10. The van der Waals surface area contributed by atoms with Gasteiger partial charge in [-0.1, -0.05) is 12.8 Å². The van der Waals surface area contributed by atoms with Crippen LogP contribution in [0, 0.1) is 0 Å². The minimum absolute atomic E-state index is 0.106. The van der Waals surface area contributed by atoms with Gasteiger partial charge >= 0.3 is 0 Å². The summed E-state index contributed by atoms with van der Waals surface area (Å²) in [6.45, 7) is 2.08. The number of fused-ring (bicyclic) bond motifs is 3. The van der Waals surface area contributed by atoms with Crippen LogP contribution in [-0.2, 0) is 4.79 Å². The first-order valence-corrected chi connectivity index (χ1v) is 6.09. The smallest absolute Gasteiger partial charge is 0.226 e. The summed E-state index contributed by atoms with van der Waals surface area (Å²) < 4.78 is 0. The van der Waals surface area contributed by atoms with E-state index in [9.17, 15) is 4.79 Å². The van der Waals surface area contributed by atoms with Gasteiger partial charge in [-0.25, -0.2) is 0 Å². The highest BCUT2D eigenvalue weighted by molar-refractivity contribution is 5.78. The highest BCUT2D eigenvalue weighted by Crippen LogP contribution is 2.31. The summed E-state index contributed by atoms with van der Waals surface area (Å²) in [7, 11) is 0. The Balaban J connectivity index is 1.82. The van der Waals surface area contributed by atoms with Crippen molar-refractivity contribution in [3.05, 3.63) is 0 Å². The molecule has 0 radical (unpaired) electrons. The third-order valence-corrected chi connectivity index (χ3v) is 3.95. The van der Waals surface area contributed by atoms with Gasteiger partial charge < -0.3 is 4.90 Å². The summed E-state index contributed by atoms with van der Waals surface area (Å²) in [6.07, 6.45) is 5.74. The van der Waals surface area contributed by atoms with Crippen LogP contribution in [0.25, 0.3) is 0 Å². The van der Waals surface area contributed by atoms with Crippen LogP contribution in [0.4, 0.5) is 0 Å². The molecule has 84 valence electrons. The van der Waals surface area contributed by atoms with Crippen LogP contribution in [0.1, 0.15) is 39.0 Å². The Morgan fingerprint density at radius 3 is 2.93 bits per heavy atom. The van der Waals surface area contributed by atoms with E-state index in [4.69, 9.17) is 0 Å². The molecule has 3 aliphatic rings. The molecule has 15 heavy (non-hydrogen) atoms. The average Bonchev–Trinajstić information content (AvgIpc) is 2.54. The lowest BCUT2D eigenvalue weighted by Crippen LogP contribution is -2.59. The van der Waals surface area contributed by atoms with E-state index < -0.39 is 0 Å². The molecule has 3 fully saturated rings. The van der Waals surface area contributed by atoms with Gasteiger partial charge in [-0.2, -0.15) is 0 Å². The van der Waals surface area contributed by atoms with E-state index in [0.29, 0.717) is 30.5 Å². The first kappa shape index (κ1) is 9.60. The molecule has 3 rings (SSSR count). The van der Waals surface area contributed by atoms with Crippen LogP contribution in [-0.4, -0.2) is 35.2 Å². The van der Waals surface area contributed by atoms with Gasteiger partial charge in [-0.05, 0) is 19.8 Å². The molecule has 0 bridgehead atoms. The molecule has 4 unspecified atom stereocenters. The molecule has 0 aromatic heterocycles. The molecule has 4 heteroatoms. The number of carbonyl (C=O) groups is 1. The molecular formula is C11H19N3O. The average molecular weight is 209 g/mol. The van der Waals surface area contributed by atoms with E-state index in [-0.39, 0.29) is 6.29 Å². The third kappa shape index (κ3) is 1.47. The highest BCUT2D eigenvalue weighted by Gasteiger charge is 2.46. The number of hydrogen-bond donors (Lipinski definition) is 2. The van der Waals surface area contributed by atoms with Crippen LogP contribution >= 0.6 is 0 Å². The monoisotopic (exact) mass is 209 g/mol. The molecule has 2 heterocycles. The fraction of sp³-hybridized carbons (Fsp3) is 0.909. The van der Waals surface area contributed by atoms with Crippen LogP contribution < -0.4 is 10.6 Å². The van der Waals surface area contributed by atoms with Crippen molar-refractivity contribution in [1.29, 1.82) is 0 Å². The van der Waals surface area contributed by atoms with Gasteiger partial charge in [0.2, 0.25) is 5.91 Å². The van der Waals surface area contributed by atoms with Gasteiger partial charge in [0.25, 0.3) is 0 Å².